The molecule has 0 radical (unpaired) electrons. The summed E-state index contributed by atoms with van der Waals surface area (Å²) in [6.07, 6.45) is 7.78. The second kappa shape index (κ2) is 15.4. The molecule has 8 aromatic rings. The quantitative estimate of drug-likeness (QED) is 0.186. The van der Waals surface area contributed by atoms with Gasteiger partial charge in [0.15, 0.2) is 5.65 Å². The smallest absolute Gasteiger partial charge is 0.156 e. The van der Waals surface area contributed by atoms with Gasteiger partial charge in [0, 0.05) is 52.9 Å². The van der Waals surface area contributed by atoms with Gasteiger partial charge in [0.25, 0.3) is 0 Å². The monoisotopic (exact) mass is 794 g/mol. The summed E-state index contributed by atoms with van der Waals surface area (Å²) in [7, 11) is 4.03. The first-order valence-electron chi connectivity index (χ1n) is 20.4. The minimum atomic E-state index is -0.293. The highest BCUT2D eigenvalue weighted by atomic mass is 19.1. The Morgan fingerprint density at radius 3 is 1.86 bits per heavy atom. The van der Waals surface area contributed by atoms with Gasteiger partial charge in [-0.05, 0) is 140 Å². The number of nitrogens with one attached hydrogen (secondary N) is 1. The van der Waals surface area contributed by atoms with Gasteiger partial charge >= 0.3 is 0 Å². The Balaban J connectivity index is 0.000000153. The summed E-state index contributed by atoms with van der Waals surface area (Å²) in [6, 6.07) is 15.4. The highest BCUT2D eigenvalue weighted by Gasteiger charge is 2.30. The third kappa shape index (κ3) is 7.51. The average molecular weight is 795 g/mol. The highest BCUT2D eigenvalue weighted by molar-refractivity contribution is 5.87. The van der Waals surface area contributed by atoms with Crippen molar-refractivity contribution < 1.29 is 8.78 Å². The fraction of sp³-hybridized carbons (Fsp3) is 0.378. The van der Waals surface area contributed by atoms with Crippen molar-refractivity contribution in [2.24, 2.45) is 7.05 Å². The number of pyridine rings is 1. The van der Waals surface area contributed by atoms with Crippen LogP contribution in [0.25, 0.3) is 61.0 Å². The van der Waals surface area contributed by atoms with Crippen LogP contribution in [0.2, 0.25) is 0 Å². The van der Waals surface area contributed by atoms with E-state index in [-0.39, 0.29) is 11.6 Å². The predicted octanol–water partition coefficient (Wildman–Crippen LogP) is 8.17. The van der Waals surface area contributed by atoms with Crippen molar-refractivity contribution in [1.29, 1.82) is 0 Å². The number of benzene rings is 2. The Bertz CT molecular complexity index is 2870. The third-order valence-corrected chi connectivity index (χ3v) is 12.3. The highest BCUT2D eigenvalue weighted by Crippen LogP contribution is 2.35. The van der Waals surface area contributed by atoms with Crippen LogP contribution in [0.3, 0.4) is 0 Å². The molecular weight excluding hydrogens is 747 g/mol. The second-order valence-corrected chi connectivity index (χ2v) is 16.6. The number of fused-ring (bicyclic) bond motifs is 4. The zero-order chi connectivity index (χ0) is 41.1. The maximum atomic E-state index is 15.2. The molecule has 302 valence electrons. The van der Waals surface area contributed by atoms with Gasteiger partial charge < -0.3 is 10.2 Å². The summed E-state index contributed by atoms with van der Waals surface area (Å²) in [5, 5.41) is 31.1. The first kappa shape index (κ1) is 38.6. The normalized spacial score (nSPS) is 19.2. The number of aryl methyl sites for hydroxylation is 4. The number of aromatic nitrogens is 10. The standard InChI is InChI=1S/C24H27FN6.C21H21FN6/c1-13-6-22(29-31-12-14(2)26-24(13)31)18-9-20(25)19-11-21(27-28-23(19)10-18)17-7-15(3)30(5)16(4)8-17;1-12-7-17(24-20-11-28(2)27-21(12)20)14-8-16(22)15-10-18(25-26-19(15)9-14)13-3-5-23-6-4-13/h6,9-12,15-17H,7-8H2,1-5H3;7-11,13,23H,3-6H2,1-2H3/t15-,16+,17?;. The van der Waals surface area contributed by atoms with Crippen LogP contribution in [-0.4, -0.2) is 86.9 Å². The Kier molecular flexibility index (Phi) is 10.1. The Hall–Kier alpha value is -5.86. The first-order chi connectivity index (χ1) is 28.4. The third-order valence-electron chi connectivity index (χ3n) is 12.3. The van der Waals surface area contributed by atoms with Gasteiger partial charge in [-0.15, -0.1) is 0 Å². The van der Waals surface area contributed by atoms with Crippen molar-refractivity contribution >= 4 is 38.5 Å². The molecule has 2 saturated heterocycles. The molecule has 59 heavy (non-hydrogen) atoms. The van der Waals surface area contributed by atoms with Crippen molar-refractivity contribution in [2.45, 2.75) is 84.2 Å². The maximum Gasteiger partial charge on any atom is 0.156 e. The molecule has 1 N–H and O–H groups in total. The van der Waals surface area contributed by atoms with E-state index in [1.54, 1.807) is 21.3 Å². The molecule has 6 aromatic heterocycles. The number of rotatable bonds is 4. The van der Waals surface area contributed by atoms with E-state index in [0.29, 0.717) is 68.2 Å². The largest absolute Gasteiger partial charge is 0.317 e. The number of hydrogen-bond acceptors (Lipinski definition) is 10. The molecule has 0 bridgehead atoms. The van der Waals surface area contributed by atoms with Crippen molar-refractivity contribution in [1.82, 2.24) is 60.0 Å². The lowest BCUT2D eigenvalue weighted by molar-refractivity contribution is 0.121. The molecule has 0 amide bonds. The van der Waals surface area contributed by atoms with Crippen LogP contribution in [-0.2, 0) is 7.05 Å². The molecule has 10 rings (SSSR count). The van der Waals surface area contributed by atoms with Gasteiger partial charge in [-0.25, -0.2) is 23.3 Å². The van der Waals surface area contributed by atoms with Crippen LogP contribution >= 0.6 is 0 Å². The average Bonchev–Trinajstić information content (AvgIpc) is 3.81. The molecule has 0 saturated carbocycles. The van der Waals surface area contributed by atoms with Gasteiger partial charge in [-0.3, -0.25) is 4.68 Å². The molecule has 12 nitrogen and oxygen atoms in total. The molecule has 8 heterocycles. The zero-order valence-corrected chi connectivity index (χ0v) is 34.5. The Morgan fingerprint density at radius 1 is 0.627 bits per heavy atom. The van der Waals surface area contributed by atoms with Gasteiger partial charge in [-0.2, -0.15) is 30.6 Å². The summed E-state index contributed by atoms with van der Waals surface area (Å²) < 4.78 is 33.7. The number of imidazole rings is 1. The van der Waals surface area contributed by atoms with Gasteiger partial charge in [0.1, 0.15) is 22.7 Å². The number of piperidine rings is 2. The van der Waals surface area contributed by atoms with Crippen LogP contribution in [0.15, 0.2) is 60.9 Å². The number of hydrogen-bond donors (Lipinski definition) is 1. The van der Waals surface area contributed by atoms with Crippen LogP contribution in [0.4, 0.5) is 8.78 Å². The zero-order valence-electron chi connectivity index (χ0n) is 34.5. The van der Waals surface area contributed by atoms with E-state index in [1.807, 2.05) is 76.6 Å². The van der Waals surface area contributed by atoms with E-state index < -0.39 is 0 Å². The van der Waals surface area contributed by atoms with E-state index in [2.05, 4.69) is 71.7 Å². The van der Waals surface area contributed by atoms with Gasteiger partial charge in [-0.1, -0.05) is 0 Å². The fourth-order valence-electron chi connectivity index (χ4n) is 8.78. The molecule has 2 fully saturated rings. The van der Waals surface area contributed by atoms with Crippen molar-refractivity contribution in [3.05, 3.63) is 101 Å². The number of halogens is 2. The maximum absolute atomic E-state index is 15.2. The summed E-state index contributed by atoms with van der Waals surface area (Å²) >= 11 is 0. The SMILES string of the molecule is Cc1cc(-c2cc(F)c3cc(C4CCNCC4)nnc3c2)nc2cn(C)nc12.Cc1cn2nc(-c3cc(F)c4cc(C5C[C@@H](C)N(C)[C@@H](C)C5)nnc4c3)cc(C)c2n1. The summed E-state index contributed by atoms with van der Waals surface area (Å²) in [5.41, 5.74) is 11.0. The fourth-order valence-corrected chi connectivity index (χ4v) is 8.78. The summed E-state index contributed by atoms with van der Waals surface area (Å²) in [5.74, 6) is 0.0604. The lowest BCUT2D eigenvalue weighted by Crippen LogP contribution is -2.43. The molecule has 0 aliphatic carbocycles. The molecule has 2 aliphatic rings. The lowest BCUT2D eigenvalue weighted by atomic mass is 9.85. The van der Waals surface area contributed by atoms with Gasteiger partial charge in [0.2, 0.25) is 0 Å². The molecular formula is C45H48F2N12. The predicted molar refractivity (Wildman–Crippen MR) is 226 cm³/mol. The van der Waals surface area contributed by atoms with Crippen molar-refractivity contribution in [2.75, 3.05) is 20.1 Å². The summed E-state index contributed by atoms with van der Waals surface area (Å²) in [6.45, 7) is 12.3. The summed E-state index contributed by atoms with van der Waals surface area (Å²) in [4.78, 5) is 11.5. The molecule has 2 aromatic carbocycles. The van der Waals surface area contributed by atoms with E-state index in [1.165, 1.54) is 0 Å². The number of nitrogens with zero attached hydrogens (tertiary/aromatic N) is 11. The number of likely N-dealkylation sites (tertiary alicyclic amines) is 1. The van der Waals surface area contributed by atoms with E-state index in [9.17, 15) is 4.39 Å². The van der Waals surface area contributed by atoms with E-state index in [4.69, 9.17) is 0 Å². The minimum absolute atomic E-state index is 0.289. The Labute approximate surface area is 341 Å². The molecule has 0 spiro atoms. The molecule has 14 heteroatoms. The molecule has 3 atom stereocenters. The van der Waals surface area contributed by atoms with E-state index >= 15 is 4.39 Å². The minimum Gasteiger partial charge on any atom is -0.317 e. The van der Waals surface area contributed by atoms with Crippen LogP contribution < -0.4 is 5.32 Å². The van der Waals surface area contributed by atoms with Crippen molar-refractivity contribution in [3.8, 4) is 22.5 Å². The lowest BCUT2D eigenvalue weighted by Gasteiger charge is -2.40. The Morgan fingerprint density at radius 2 is 1.22 bits per heavy atom. The van der Waals surface area contributed by atoms with Gasteiger partial charge in [0.05, 0.1) is 51.9 Å². The van der Waals surface area contributed by atoms with E-state index in [0.717, 1.165) is 83.7 Å². The first-order valence-corrected chi connectivity index (χ1v) is 20.4. The van der Waals surface area contributed by atoms with Crippen LogP contribution in [0.1, 0.15) is 79.6 Å². The van der Waals surface area contributed by atoms with Crippen molar-refractivity contribution in [3.63, 3.8) is 0 Å². The molecule has 2 aliphatic heterocycles. The van der Waals surface area contributed by atoms with Crippen LogP contribution in [0.5, 0.6) is 0 Å². The topological polar surface area (TPSA) is 128 Å². The second-order valence-electron chi connectivity index (χ2n) is 16.6. The van der Waals surface area contributed by atoms with Crippen LogP contribution in [0, 0.1) is 32.4 Å². The molecule has 1 unspecified atom stereocenters.